The van der Waals surface area contributed by atoms with Crippen LogP contribution in [0.25, 0.3) is 0 Å². The highest BCUT2D eigenvalue weighted by atomic mass is 16.3. The van der Waals surface area contributed by atoms with E-state index in [1.54, 1.807) is 0 Å². The largest absolute Gasteiger partial charge is 0.388 e. The summed E-state index contributed by atoms with van der Waals surface area (Å²) in [6.45, 7) is 7.58. The maximum atomic E-state index is 9.94. The molecule has 0 radical (unpaired) electrons. The van der Waals surface area contributed by atoms with Crippen molar-refractivity contribution in [1.82, 2.24) is 0 Å². The van der Waals surface area contributed by atoms with Crippen molar-refractivity contribution in [3.8, 4) is 0 Å². The van der Waals surface area contributed by atoms with Crippen molar-refractivity contribution in [3.63, 3.8) is 0 Å². The molecule has 1 aliphatic rings. The van der Waals surface area contributed by atoms with E-state index in [0.717, 1.165) is 30.6 Å². The summed E-state index contributed by atoms with van der Waals surface area (Å²) in [5.41, 5.74) is 3.76. The molecule has 2 heteroatoms. The maximum absolute atomic E-state index is 9.94. The van der Waals surface area contributed by atoms with Gasteiger partial charge in [0.2, 0.25) is 0 Å². The van der Waals surface area contributed by atoms with Crippen molar-refractivity contribution < 1.29 is 5.11 Å². The molecule has 0 amide bonds. The van der Waals surface area contributed by atoms with Gasteiger partial charge in [-0.3, -0.25) is 0 Å². The minimum Gasteiger partial charge on any atom is -0.388 e. The van der Waals surface area contributed by atoms with Gasteiger partial charge in [-0.15, -0.1) is 0 Å². The molecule has 1 aliphatic heterocycles. The zero-order valence-corrected chi connectivity index (χ0v) is 10.4. The van der Waals surface area contributed by atoms with Crippen LogP contribution in [0.1, 0.15) is 44.4 Å². The molecule has 0 aromatic heterocycles. The summed E-state index contributed by atoms with van der Waals surface area (Å²) in [5, 5.41) is 13.3. The summed E-state index contributed by atoms with van der Waals surface area (Å²) in [6, 6.07) is 6.41. The lowest BCUT2D eigenvalue weighted by molar-refractivity contribution is 0.168. The second kappa shape index (κ2) is 4.10. The fourth-order valence-corrected chi connectivity index (χ4v) is 2.27. The van der Waals surface area contributed by atoms with Gasteiger partial charge >= 0.3 is 0 Å². The molecule has 0 spiro atoms. The quantitative estimate of drug-likeness (QED) is 0.760. The van der Waals surface area contributed by atoms with Crippen molar-refractivity contribution >= 4 is 5.69 Å². The van der Waals surface area contributed by atoms with E-state index in [-0.39, 0.29) is 6.10 Å². The average molecular weight is 219 g/mol. The van der Waals surface area contributed by atoms with E-state index in [9.17, 15) is 5.11 Å². The number of nitrogens with one attached hydrogen (secondary N) is 1. The zero-order valence-electron chi connectivity index (χ0n) is 10.4. The Balaban J connectivity index is 2.27. The number of anilines is 1. The third-order valence-electron chi connectivity index (χ3n) is 2.94. The Morgan fingerprint density at radius 1 is 1.38 bits per heavy atom. The fraction of sp³-hybridized carbons (Fsp3) is 0.571. The highest BCUT2D eigenvalue weighted by molar-refractivity contribution is 5.55. The fourth-order valence-electron chi connectivity index (χ4n) is 2.27. The van der Waals surface area contributed by atoms with Gasteiger partial charge in [0.25, 0.3) is 0 Å². The molecule has 2 N–H and O–H groups in total. The summed E-state index contributed by atoms with van der Waals surface area (Å²) in [4.78, 5) is 0. The van der Waals surface area contributed by atoms with Crippen LogP contribution in [0.15, 0.2) is 18.2 Å². The number of benzene rings is 1. The van der Waals surface area contributed by atoms with E-state index in [4.69, 9.17) is 0 Å². The third-order valence-corrected chi connectivity index (χ3v) is 2.94. The first kappa shape index (κ1) is 11.5. The van der Waals surface area contributed by atoms with Crippen LogP contribution in [0.5, 0.6) is 0 Å². The van der Waals surface area contributed by atoms with Crippen LogP contribution >= 0.6 is 0 Å². The lowest BCUT2D eigenvalue weighted by Gasteiger charge is -2.25. The van der Waals surface area contributed by atoms with Crippen molar-refractivity contribution in [1.29, 1.82) is 0 Å². The SMILES string of the molecule is CC(C)(C)Cc1ccc2c(c1)C(O)CCN2. The molecule has 1 aromatic carbocycles. The van der Waals surface area contributed by atoms with E-state index in [2.05, 4.69) is 44.3 Å². The summed E-state index contributed by atoms with van der Waals surface area (Å²) in [7, 11) is 0. The van der Waals surface area contributed by atoms with Crippen LogP contribution in [-0.4, -0.2) is 11.7 Å². The predicted molar refractivity (Wildman–Crippen MR) is 67.7 cm³/mol. The Hall–Kier alpha value is -1.02. The molecule has 2 rings (SSSR count). The van der Waals surface area contributed by atoms with Crippen molar-refractivity contribution in [2.45, 2.75) is 39.7 Å². The van der Waals surface area contributed by atoms with E-state index in [1.165, 1.54) is 5.56 Å². The van der Waals surface area contributed by atoms with E-state index in [0.29, 0.717) is 5.41 Å². The van der Waals surface area contributed by atoms with Crippen LogP contribution in [0.2, 0.25) is 0 Å². The topological polar surface area (TPSA) is 32.3 Å². The number of fused-ring (bicyclic) bond motifs is 1. The van der Waals surface area contributed by atoms with Gasteiger partial charge in [0.1, 0.15) is 0 Å². The second-order valence-electron chi connectivity index (χ2n) is 5.89. The van der Waals surface area contributed by atoms with Crippen molar-refractivity contribution in [3.05, 3.63) is 29.3 Å². The smallest absolute Gasteiger partial charge is 0.0826 e. The summed E-state index contributed by atoms with van der Waals surface area (Å²) < 4.78 is 0. The number of hydrogen-bond donors (Lipinski definition) is 2. The molecule has 0 saturated carbocycles. The van der Waals surface area contributed by atoms with Crippen LogP contribution in [-0.2, 0) is 6.42 Å². The molecule has 1 aromatic rings. The number of aliphatic hydroxyl groups excluding tert-OH is 1. The van der Waals surface area contributed by atoms with Gasteiger partial charge in [0.05, 0.1) is 6.10 Å². The first-order chi connectivity index (χ1) is 7.46. The molecule has 16 heavy (non-hydrogen) atoms. The van der Waals surface area contributed by atoms with Crippen molar-refractivity contribution in [2.24, 2.45) is 5.41 Å². The molecule has 0 saturated heterocycles. The van der Waals surface area contributed by atoms with Crippen LogP contribution in [0.4, 0.5) is 5.69 Å². The zero-order chi connectivity index (χ0) is 11.8. The first-order valence-electron chi connectivity index (χ1n) is 6.00. The molecule has 0 fully saturated rings. The number of hydrogen-bond acceptors (Lipinski definition) is 2. The molecular weight excluding hydrogens is 198 g/mol. The molecule has 2 nitrogen and oxygen atoms in total. The number of aliphatic hydroxyl groups is 1. The van der Waals surface area contributed by atoms with Crippen LogP contribution in [0, 0.1) is 5.41 Å². The standard InChI is InChI=1S/C14H21NO/c1-14(2,3)9-10-4-5-12-11(8-10)13(16)6-7-15-12/h4-5,8,13,15-16H,6-7,9H2,1-3H3. The Morgan fingerprint density at radius 3 is 2.81 bits per heavy atom. The third kappa shape index (κ3) is 2.56. The van der Waals surface area contributed by atoms with Gasteiger partial charge < -0.3 is 10.4 Å². The Bertz CT molecular complexity index is 379. The van der Waals surface area contributed by atoms with Crippen LogP contribution < -0.4 is 5.32 Å². The monoisotopic (exact) mass is 219 g/mol. The second-order valence-corrected chi connectivity index (χ2v) is 5.89. The molecular formula is C14H21NO. The lowest BCUT2D eigenvalue weighted by atomic mass is 9.86. The molecule has 1 atom stereocenters. The minimum atomic E-state index is -0.295. The molecule has 1 heterocycles. The van der Waals surface area contributed by atoms with Gasteiger partial charge in [-0.2, -0.15) is 0 Å². The predicted octanol–water partition coefficient (Wildman–Crippen LogP) is 3.12. The minimum absolute atomic E-state index is 0.293. The van der Waals surface area contributed by atoms with Crippen LogP contribution in [0.3, 0.4) is 0 Å². The Morgan fingerprint density at radius 2 is 2.12 bits per heavy atom. The van der Waals surface area contributed by atoms with Crippen molar-refractivity contribution in [2.75, 3.05) is 11.9 Å². The van der Waals surface area contributed by atoms with E-state index >= 15 is 0 Å². The van der Waals surface area contributed by atoms with Gasteiger partial charge in [0, 0.05) is 17.8 Å². The highest BCUT2D eigenvalue weighted by Crippen LogP contribution is 2.32. The Kier molecular flexibility index (Phi) is 2.94. The van der Waals surface area contributed by atoms with E-state index < -0.39 is 0 Å². The highest BCUT2D eigenvalue weighted by Gasteiger charge is 2.19. The van der Waals surface area contributed by atoms with Gasteiger partial charge in [0.15, 0.2) is 0 Å². The first-order valence-corrected chi connectivity index (χ1v) is 6.00. The summed E-state index contributed by atoms with van der Waals surface area (Å²) in [6.07, 6.45) is 1.56. The normalized spacial score (nSPS) is 20.1. The van der Waals surface area contributed by atoms with Gasteiger partial charge in [-0.25, -0.2) is 0 Å². The number of rotatable bonds is 1. The molecule has 88 valence electrons. The van der Waals surface area contributed by atoms with Gasteiger partial charge in [-0.1, -0.05) is 32.9 Å². The van der Waals surface area contributed by atoms with E-state index in [1.807, 2.05) is 0 Å². The summed E-state index contributed by atoms with van der Waals surface area (Å²) >= 11 is 0. The average Bonchev–Trinajstić information content (AvgIpc) is 2.17. The Labute approximate surface area is 97.7 Å². The molecule has 1 unspecified atom stereocenters. The molecule has 0 aliphatic carbocycles. The summed E-state index contributed by atoms with van der Waals surface area (Å²) in [5.74, 6) is 0. The molecule has 0 bridgehead atoms. The van der Waals surface area contributed by atoms with Gasteiger partial charge in [-0.05, 0) is 29.9 Å². The maximum Gasteiger partial charge on any atom is 0.0826 e. The lowest BCUT2D eigenvalue weighted by Crippen LogP contribution is -2.17.